The Kier molecular flexibility index (Phi) is 2.66. The Hall–Kier alpha value is -1.36. The first kappa shape index (κ1) is 11.7. The summed E-state index contributed by atoms with van der Waals surface area (Å²) < 4.78 is 0.769. The van der Waals surface area contributed by atoms with E-state index in [1.165, 1.54) is 4.90 Å². The van der Waals surface area contributed by atoms with E-state index in [0.29, 0.717) is 11.4 Å². The van der Waals surface area contributed by atoms with Gasteiger partial charge in [-0.15, -0.1) is 0 Å². The van der Waals surface area contributed by atoms with Crippen LogP contribution in [0.25, 0.3) is 0 Å². The molecular formula is C13H13BrN2O2. The van der Waals surface area contributed by atoms with E-state index in [1.807, 2.05) is 0 Å². The molecule has 2 unspecified atom stereocenters. The summed E-state index contributed by atoms with van der Waals surface area (Å²) >= 11 is 3.30. The number of hydrogen-bond acceptors (Lipinski definition) is 3. The molecule has 1 heterocycles. The molecule has 2 amide bonds. The van der Waals surface area contributed by atoms with Crippen molar-refractivity contribution in [1.29, 1.82) is 0 Å². The molecule has 1 aromatic carbocycles. The summed E-state index contributed by atoms with van der Waals surface area (Å²) in [6.07, 6.45) is 2.64. The van der Waals surface area contributed by atoms with Gasteiger partial charge in [-0.1, -0.05) is 6.42 Å². The van der Waals surface area contributed by atoms with Gasteiger partial charge in [0, 0.05) is 10.2 Å². The number of carbonyl (C=O) groups is 2. The quantitative estimate of drug-likeness (QED) is 0.639. The van der Waals surface area contributed by atoms with Crippen LogP contribution in [-0.2, 0) is 9.59 Å². The van der Waals surface area contributed by atoms with Crippen LogP contribution in [-0.4, -0.2) is 11.8 Å². The summed E-state index contributed by atoms with van der Waals surface area (Å²) in [6.45, 7) is 0. The zero-order valence-corrected chi connectivity index (χ0v) is 11.3. The smallest absolute Gasteiger partial charge is 0.237 e. The maximum atomic E-state index is 12.2. The number of hydrogen-bond donors (Lipinski definition) is 1. The lowest BCUT2D eigenvalue weighted by Crippen LogP contribution is -2.31. The number of halogens is 1. The maximum absolute atomic E-state index is 12.2. The molecule has 1 aliphatic carbocycles. The number of imide groups is 1. The van der Waals surface area contributed by atoms with Gasteiger partial charge in [-0.3, -0.25) is 9.59 Å². The summed E-state index contributed by atoms with van der Waals surface area (Å²) in [4.78, 5) is 25.8. The molecule has 94 valence electrons. The van der Waals surface area contributed by atoms with Gasteiger partial charge in [-0.25, -0.2) is 4.90 Å². The van der Waals surface area contributed by atoms with Crippen molar-refractivity contribution in [1.82, 2.24) is 0 Å². The van der Waals surface area contributed by atoms with Gasteiger partial charge in [0.05, 0.1) is 17.5 Å². The highest BCUT2D eigenvalue weighted by Crippen LogP contribution is 2.42. The fraction of sp³-hybridized carbons (Fsp3) is 0.385. The summed E-state index contributed by atoms with van der Waals surface area (Å²) in [5.74, 6) is -0.349. The SMILES string of the molecule is Nc1cc(N2C(=O)C3CCCC3C2=O)ccc1Br. The summed E-state index contributed by atoms with van der Waals surface area (Å²) in [6, 6.07) is 5.18. The highest BCUT2D eigenvalue weighted by Gasteiger charge is 2.50. The molecule has 1 aromatic rings. The standard InChI is InChI=1S/C13H13BrN2O2/c14-10-5-4-7(6-11(10)15)16-12(17)8-2-1-3-9(8)13(16)18/h4-6,8-9H,1-3,15H2. The minimum Gasteiger partial charge on any atom is -0.398 e. The molecule has 3 rings (SSSR count). The molecule has 4 nitrogen and oxygen atoms in total. The van der Waals surface area contributed by atoms with Crippen LogP contribution in [0.4, 0.5) is 11.4 Å². The Morgan fingerprint density at radius 3 is 2.33 bits per heavy atom. The number of rotatable bonds is 1. The van der Waals surface area contributed by atoms with E-state index in [2.05, 4.69) is 15.9 Å². The van der Waals surface area contributed by atoms with Crippen LogP contribution in [0.2, 0.25) is 0 Å². The van der Waals surface area contributed by atoms with E-state index >= 15 is 0 Å². The maximum Gasteiger partial charge on any atom is 0.237 e. The Morgan fingerprint density at radius 2 is 1.78 bits per heavy atom. The van der Waals surface area contributed by atoms with E-state index in [9.17, 15) is 9.59 Å². The van der Waals surface area contributed by atoms with Crippen molar-refractivity contribution in [3.05, 3.63) is 22.7 Å². The van der Waals surface area contributed by atoms with Crippen molar-refractivity contribution < 1.29 is 9.59 Å². The number of fused-ring (bicyclic) bond motifs is 1. The van der Waals surface area contributed by atoms with Crippen LogP contribution >= 0.6 is 15.9 Å². The largest absolute Gasteiger partial charge is 0.398 e. The lowest BCUT2D eigenvalue weighted by Gasteiger charge is -2.16. The minimum atomic E-state index is -0.109. The lowest BCUT2D eigenvalue weighted by molar-refractivity contribution is -0.122. The second-order valence-electron chi connectivity index (χ2n) is 4.86. The monoisotopic (exact) mass is 308 g/mol. The predicted molar refractivity (Wildman–Crippen MR) is 71.9 cm³/mol. The molecule has 2 N–H and O–H groups in total. The zero-order valence-electron chi connectivity index (χ0n) is 9.73. The zero-order chi connectivity index (χ0) is 12.9. The van der Waals surface area contributed by atoms with E-state index in [1.54, 1.807) is 18.2 Å². The van der Waals surface area contributed by atoms with E-state index in [4.69, 9.17) is 5.73 Å². The molecule has 2 fully saturated rings. The van der Waals surface area contributed by atoms with Crippen molar-refractivity contribution in [3.8, 4) is 0 Å². The molecule has 0 radical (unpaired) electrons. The third kappa shape index (κ3) is 1.57. The van der Waals surface area contributed by atoms with Crippen LogP contribution < -0.4 is 10.6 Å². The first-order chi connectivity index (χ1) is 8.59. The van der Waals surface area contributed by atoms with Gasteiger partial charge < -0.3 is 5.73 Å². The molecule has 18 heavy (non-hydrogen) atoms. The predicted octanol–water partition coefficient (Wildman–Crippen LogP) is 2.32. The number of nitrogens with two attached hydrogens (primary N) is 1. The molecule has 5 heteroatoms. The molecule has 0 aromatic heterocycles. The van der Waals surface area contributed by atoms with Gasteiger partial charge in [0.15, 0.2) is 0 Å². The number of anilines is 2. The average molecular weight is 309 g/mol. The molecular weight excluding hydrogens is 296 g/mol. The van der Waals surface area contributed by atoms with Gasteiger partial charge in [0.1, 0.15) is 0 Å². The molecule has 1 saturated carbocycles. The third-order valence-electron chi connectivity index (χ3n) is 3.83. The first-order valence-corrected chi connectivity index (χ1v) is 6.81. The van der Waals surface area contributed by atoms with Gasteiger partial charge in [-0.2, -0.15) is 0 Å². The number of amides is 2. The van der Waals surface area contributed by atoms with Crippen molar-refractivity contribution in [2.75, 3.05) is 10.6 Å². The number of benzene rings is 1. The second-order valence-corrected chi connectivity index (χ2v) is 5.72. The molecule has 0 bridgehead atoms. The van der Waals surface area contributed by atoms with Crippen molar-refractivity contribution in [2.45, 2.75) is 19.3 Å². The second kappa shape index (κ2) is 4.09. The minimum absolute atomic E-state index is 0.0655. The fourth-order valence-electron chi connectivity index (χ4n) is 2.92. The third-order valence-corrected chi connectivity index (χ3v) is 4.55. The topological polar surface area (TPSA) is 63.4 Å². The van der Waals surface area contributed by atoms with E-state index < -0.39 is 0 Å². The normalized spacial score (nSPS) is 26.8. The van der Waals surface area contributed by atoms with Gasteiger partial charge in [0.2, 0.25) is 11.8 Å². The summed E-state index contributed by atoms with van der Waals surface area (Å²) in [5.41, 5.74) is 6.91. The van der Waals surface area contributed by atoms with Crippen molar-refractivity contribution in [3.63, 3.8) is 0 Å². The van der Waals surface area contributed by atoms with E-state index in [0.717, 1.165) is 23.7 Å². The number of nitrogens with zero attached hydrogens (tertiary/aromatic N) is 1. The highest BCUT2D eigenvalue weighted by atomic mass is 79.9. The van der Waals surface area contributed by atoms with Crippen molar-refractivity contribution in [2.24, 2.45) is 11.8 Å². The molecule has 0 spiro atoms. The number of carbonyl (C=O) groups excluding carboxylic acids is 2. The number of nitrogen functional groups attached to an aromatic ring is 1. The van der Waals surface area contributed by atoms with E-state index in [-0.39, 0.29) is 23.7 Å². The molecule has 2 aliphatic rings. The molecule has 1 saturated heterocycles. The van der Waals surface area contributed by atoms with Crippen LogP contribution in [0.1, 0.15) is 19.3 Å². The Labute approximate surface area is 113 Å². The molecule has 1 aliphatic heterocycles. The lowest BCUT2D eigenvalue weighted by atomic mass is 10.00. The fourth-order valence-corrected chi connectivity index (χ4v) is 3.16. The summed E-state index contributed by atoms with van der Waals surface area (Å²) in [5, 5.41) is 0. The first-order valence-electron chi connectivity index (χ1n) is 6.02. The van der Waals surface area contributed by atoms with Crippen LogP contribution in [0.15, 0.2) is 22.7 Å². The van der Waals surface area contributed by atoms with Crippen LogP contribution in [0.5, 0.6) is 0 Å². The van der Waals surface area contributed by atoms with Gasteiger partial charge >= 0.3 is 0 Å². The Bertz CT molecular complexity index is 522. The van der Waals surface area contributed by atoms with Gasteiger partial charge in [0.25, 0.3) is 0 Å². The Morgan fingerprint density at radius 1 is 1.17 bits per heavy atom. The summed E-state index contributed by atoms with van der Waals surface area (Å²) in [7, 11) is 0. The van der Waals surface area contributed by atoms with Crippen LogP contribution in [0, 0.1) is 11.8 Å². The molecule has 2 atom stereocenters. The average Bonchev–Trinajstić information content (AvgIpc) is 2.89. The highest BCUT2D eigenvalue weighted by molar-refractivity contribution is 9.10. The van der Waals surface area contributed by atoms with Gasteiger partial charge in [-0.05, 0) is 47.0 Å². The van der Waals surface area contributed by atoms with Crippen molar-refractivity contribution >= 4 is 39.1 Å². The Balaban J connectivity index is 1.99. The van der Waals surface area contributed by atoms with Crippen LogP contribution in [0.3, 0.4) is 0 Å².